The third-order valence-electron chi connectivity index (χ3n) is 2.73. The van der Waals surface area contributed by atoms with Crippen molar-refractivity contribution in [2.75, 3.05) is 0 Å². The summed E-state index contributed by atoms with van der Waals surface area (Å²) < 4.78 is 14.5. The molecule has 1 atom stereocenters. The van der Waals surface area contributed by atoms with Gasteiger partial charge in [0.1, 0.15) is 11.5 Å². The first-order valence-electron chi connectivity index (χ1n) is 5.62. The standard InChI is InChI=1S/C12H14ClFN4/c1-7(2)12(15)10-6-18(17-16-10)11-4-3-8(14)5-9(11)13/h3-7,12H,15H2,1-2H3. The van der Waals surface area contributed by atoms with Crippen molar-refractivity contribution in [2.24, 2.45) is 11.7 Å². The second-order valence-corrected chi connectivity index (χ2v) is 4.86. The zero-order valence-corrected chi connectivity index (χ0v) is 10.9. The summed E-state index contributed by atoms with van der Waals surface area (Å²) in [5.41, 5.74) is 7.24. The lowest BCUT2D eigenvalue weighted by Crippen LogP contribution is -2.17. The molecule has 6 heteroatoms. The molecule has 0 fully saturated rings. The van der Waals surface area contributed by atoms with Gasteiger partial charge in [-0.3, -0.25) is 0 Å². The molecule has 96 valence electrons. The Kier molecular flexibility index (Phi) is 3.63. The van der Waals surface area contributed by atoms with Crippen LogP contribution in [0.3, 0.4) is 0 Å². The van der Waals surface area contributed by atoms with Crippen molar-refractivity contribution in [2.45, 2.75) is 19.9 Å². The quantitative estimate of drug-likeness (QED) is 0.931. The van der Waals surface area contributed by atoms with Crippen LogP contribution in [-0.4, -0.2) is 15.0 Å². The Morgan fingerprint density at radius 1 is 1.39 bits per heavy atom. The van der Waals surface area contributed by atoms with Crippen LogP contribution in [0.25, 0.3) is 5.69 Å². The van der Waals surface area contributed by atoms with Crippen LogP contribution < -0.4 is 5.73 Å². The van der Waals surface area contributed by atoms with Gasteiger partial charge in [0.15, 0.2) is 0 Å². The van der Waals surface area contributed by atoms with E-state index in [9.17, 15) is 4.39 Å². The van der Waals surface area contributed by atoms with E-state index in [4.69, 9.17) is 17.3 Å². The Hall–Kier alpha value is -1.46. The van der Waals surface area contributed by atoms with Crippen molar-refractivity contribution in [3.05, 3.63) is 40.9 Å². The van der Waals surface area contributed by atoms with E-state index in [0.717, 1.165) is 0 Å². The highest BCUT2D eigenvalue weighted by molar-refractivity contribution is 6.32. The summed E-state index contributed by atoms with van der Waals surface area (Å²) in [6.45, 7) is 4.02. The Morgan fingerprint density at radius 2 is 2.11 bits per heavy atom. The first kappa shape index (κ1) is 13.0. The van der Waals surface area contributed by atoms with Gasteiger partial charge in [-0.15, -0.1) is 5.10 Å². The molecular formula is C12H14ClFN4. The zero-order chi connectivity index (χ0) is 13.3. The van der Waals surface area contributed by atoms with E-state index in [1.54, 1.807) is 12.3 Å². The van der Waals surface area contributed by atoms with Gasteiger partial charge >= 0.3 is 0 Å². The summed E-state index contributed by atoms with van der Waals surface area (Å²) in [5.74, 6) is -0.123. The van der Waals surface area contributed by atoms with E-state index >= 15 is 0 Å². The van der Waals surface area contributed by atoms with Crippen LogP contribution in [0, 0.1) is 11.7 Å². The molecule has 0 amide bonds. The van der Waals surface area contributed by atoms with E-state index in [1.807, 2.05) is 13.8 Å². The Bertz CT molecular complexity index is 553. The molecule has 0 aliphatic heterocycles. The number of rotatable bonds is 3. The number of nitrogens with two attached hydrogens (primary N) is 1. The molecule has 1 aromatic heterocycles. The third-order valence-corrected chi connectivity index (χ3v) is 3.03. The molecule has 0 aliphatic rings. The lowest BCUT2D eigenvalue weighted by molar-refractivity contribution is 0.502. The molecule has 0 saturated carbocycles. The number of hydrogen-bond donors (Lipinski definition) is 1. The molecule has 2 N–H and O–H groups in total. The number of halogens is 2. The van der Waals surface area contributed by atoms with Gasteiger partial charge in [0, 0.05) is 0 Å². The van der Waals surface area contributed by atoms with Crippen LogP contribution >= 0.6 is 11.6 Å². The molecule has 18 heavy (non-hydrogen) atoms. The van der Waals surface area contributed by atoms with Gasteiger partial charge in [-0.05, 0) is 24.1 Å². The van der Waals surface area contributed by atoms with Crippen molar-refractivity contribution in [3.8, 4) is 5.69 Å². The molecule has 4 nitrogen and oxygen atoms in total. The summed E-state index contributed by atoms with van der Waals surface area (Å²) >= 11 is 5.96. The normalized spacial score (nSPS) is 13.0. The van der Waals surface area contributed by atoms with Gasteiger partial charge in [0.05, 0.1) is 22.9 Å². The van der Waals surface area contributed by atoms with Crippen molar-refractivity contribution < 1.29 is 4.39 Å². The smallest absolute Gasteiger partial charge is 0.124 e. The molecule has 0 spiro atoms. The maximum Gasteiger partial charge on any atom is 0.124 e. The molecule has 0 bridgehead atoms. The third kappa shape index (κ3) is 2.52. The highest BCUT2D eigenvalue weighted by Gasteiger charge is 2.15. The van der Waals surface area contributed by atoms with Gasteiger partial charge < -0.3 is 5.73 Å². The maximum absolute atomic E-state index is 13.0. The Balaban J connectivity index is 2.35. The largest absolute Gasteiger partial charge is 0.322 e. The predicted octanol–water partition coefficient (Wildman–Crippen LogP) is 2.72. The summed E-state index contributed by atoms with van der Waals surface area (Å²) in [4.78, 5) is 0. The molecular weight excluding hydrogens is 255 g/mol. The van der Waals surface area contributed by atoms with Crippen LogP contribution in [0.4, 0.5) is 4.39 Å². The number of nitrogens with zero attached hydrogens (tertiary/aromatic N) is 3. The monoisotopic (exact) mass is 268 g/mol. The van der Waals surface area contributed by atoms with Gasteiger partial charge in [0.25, 0.3) is 0 Å². The summed E-state index contributed by atoms with van der Waals surface area (Å²) in [6, 6.07) is 3.93. The van der Waals surface area contributed by atoms with Crippen LogP contribution in [0.1, 0.15) is 25.6 Å². The fourth-order valence-electron chi connectivity index (χ4n) is 1.56. The second kappa shape index (κ2) is 5.04. The first-order valence-corrected chi connectivity index (χ1v) is 6.00. The van der Waals surface area contributed by atoms with Crippen molar-refractivity contribution in [3.63, 3.8) is 0 Å². The first-order chi connectivity index (χ1) is 8.49. The minimum atomic E-state index is -0.386. The van der Waals surface area contributed by atoms with Crippen LogP contribution in [0.2, 0.25) is 5.02 Å². The lowest BCUT2D eigenvalue weighted by Gasteiger charge is -2.11. The molecule has 0 aliphatic carbocycles. The lowest BCUT2D eigenvalue weighted by atomic mass is 10.0. The number of aromatic nitrogens is 3. The molecule has 1 unspecified atom stereocenters. The Labute approximate surface area is 110 Å². The van der Waals surface area contributed by atoms with Crippen molar-refractivity contribution in [1.82, 2.24) is 15.0 Å². The van der Waals surface area contributed by atoms with Crippen LogP contribution in [0.15, 0.2) is 24.4 Å². The van der Waals surface area contributed by atoms with E-state index in [2.05, 4.69) is 10.3 Å². The van der Waals surface area contributed by atoms with E-state index in [1.165, 1.54) is 16.8 Å². The summed E-state index contributed by atoms with van der Waals surface area (Å²) in [7, 11) is 0. The van der Waals surface area contributed by atoms with E-state index < -0.39 is 0 Å². The average molecular weight is 269 g/mol. The topological polar surface area (TPSA) is 56.7 Å². The van der Waals surface area contributed by atoms with Crippen molar-refractivity contribution in [1.29, 1.82) is 0 Å². The Morgan fingerprint density at radius 3 is 2.72 bits per heavy atom. The maximum atomic E-state index is 13.0. The van der Waals surface area contributed by atoms with Gasteiger partial charge in [-0.25, -0.2) is 9.07 Å². The minimum absolute atomic E-state index is 0.182. The fourth-order valence-corrected chi connectivity index (χ4v) is 1.81. The SMILES string of the molecule is CC(C)C(N)c1cn(-c2ccc(F)cc2Cl)nn1. The molecule has 1 aromatic carbocycles. The average Bonchev–Trinajstić information content (AvgIpc) is 2.77. The fraction of sp³-hybridized carbons (Fsp3) is 0.333. The highest BCUT2D eigenvalue weighted by atomic mass is 35.5. The van der Waals surface area contributed by atoms with Crippen LogP contribution in [0.5, 0.6) is 0 Å². The van der Waals surface area contributed by atoms with Crippen LogP contribution in [-0.2, 0) is 0 Å². The number of hydrogen-bond acceptors (Lipinski definition) is 3. The highest BCUT2D eigenvalue weighted by Crippen LogP contribution is 2.22. The molecule has 2 aromatic rings. The molecule has 2 rings (SSSR count). The van der Waals surface area contributed by atoms with E-state index in [0.29, 0.717) is 11.4 Å². The number of benzene rings is 1. The molecule has 0 saturated heterocycles. The summed E-state index contributed by atoms with van der Waals surface area (Å²) in [6.07, 6.45) is 1.71. The minimum Gasteiger partial charge on any atom is -0.322 e. The van der Waals surface area contributed by atoms with Gasteiger partial charge in [0.2, 0.25) is 0 Å². The van der Waals surface area contributed by atoms with Gasteiger partial charge in [-0.1, -0.05) is 30.7 Å². The summed E-state index contributed by atoms with van der Waals surface area (Å²) in [5, 5.41) is 8.26. The molecule has 1 heterocycles. The predicted molar refractivity (Wildman–Crippen MR) is 68.1 cm³/mol. The second-order valence-electron chi connectivity index (χ2n) is 4.45. The molecule has 0 radical (unpaired) electrons. The van der Waals surface area contributed by atoms with E-state index in [-0.39, 0.29) is 22.8 Å². The van der Waals surface area contributed by atoms with Gasteiger partial charge in [-0.2, -0.15) is 0 Å². The van der Waals surface area contributed by atoms with Crippen molar-refractivity contribution >= 4 is 11.6 Å². The zero-order valence-electron chi connectivity index (χ0n) is 10.1.